The fourth-order valence-corrected chi connectivity index (χ4v) is 6.20. The third-order valence-electron chi connectivity index (χ3n) is 8.21. The van der Waals surface area contributed by atoms with Gasteiger partial charge >= 0.3 is 0 Å². The molecular weight excluding hydrogens is 597 g/mol. The van der Waals surface area contributed by atoms with Crippen LogP contribution in [0.1, 0.15) is 36.9 Å². The summed E-state index contributed by atoms with van der Waals surface area (Å²) in [6.45, 7) is 8.43. The summed E-state index contributed by atoms with van der Waals surface area (Å²) in [6.07, 6.45) is 3.95. The Morgan fingerprint density at radius 1 is 0.841 bits per heavy atom. The van der Waals surface area contributed by atoms with Crippen LogP contribution in [0.15, 0.2) is 95.9 Å². The predicted octanol–water partition coefficient (Wildman–Crippen LogP) is -3.98. The van der Waals surface area contributed by atoms with E-state index in [2.05, 4.69) is 65.6 Å². The quantitative estimate of drug-likeness (QED) is 0.144. The highest BCUT2D eigenvalue weighted by molar-refractivity contribution is 5.75. The number of nitrogens with zero attached hydrogens (tertiary/aromatic N) is 3. The number of aliphatic hydroxyl groups excluding tert-OH is 1. The molecule has 0 spiro atoms. The van der Waals surface area contributed by atoms with E-state index in [4.69, 9.17) is 9.84 Å². The van der Waals surface area contributed by atoms with E-state index in [0.29, 0.717) is 24.0 Å². The van der Waals surface area contributed by atoms with Crippen LogP contribution in [0.4, 0.5) is 0 Å². The third kappa shape index (κ3) is 8.00. The van der Waals surface area contributed by atoms with Crippen LogP contribution in [0.25, 0.3) is 16.7 Å². The van der Waals surface area contributed by atoms with Crippen molar-refractivity contribution >= 4 is 16.7 Å². The first-order chi connectivity index (χ1) is 20.6. The molecule has 1 saturated heterocycles. The first-order valence-electron chi connectivity index (χ1n) is 15.1. The molecule has 5 aromatic rings. The van der Waals surface area contributed by atoms with Crippen LogP contribution >= 0.6 is 0 Å². The highest BCUT2D eigenvalue weighted by Crippen LogP contribution is 2.19. The zero-order valence-electron chi connectivity index (χ0n) is 25.5. The molecule has 4 heterocycles. The molecule has 10 heteroatoms. The lowest BCUT2D eigenvalue weighted by Crippen LogP contribution is -3.28. The molecule has 1 aliphatic rings. The zero-order valence-corrected chi connectivity index (χ0v) is 27.0. The van der Waals surface area contributed by atoms with Gasteiger partial charge in [0.25, 0.3) is 5.56 Å². The molecule has 3 N–H and O–H groups in total. The summed E-state index contributed by atoms with van der Waals surface area (Å²) in [5, 5.41) is 7.57. The summed E-state index contributed by atoms with van der Waals surface area (Å²) in [5.41, 5.74) is 5.09. The number of pyridine rings is 1. The van der Waals surface area contributed by atoms with E-state index in [1.165, 1.54) is 24.2 Å². The average Bonchev–Trinajstić information content (AvgIpc) is 3.54. The minimum Gasteiger partial charge on any atom is -1.00 e. The fraction of sp³-hybridized carbons (Fsp3) is 0.353. The van der Waals surface area contributed by atoms with Crippen molar-refractivity contribution in [3.8, 4) is 5.88 Å². The van der Waals surface area contributed by atoms with E-state index in [0.717, 1.165) is 43.6 Å². The van der Waals surface area contributed by atoms with Crippen LogP contribution in [-0.2, 0) is 6.54 Å². The Bertz CT molecular complexity index is 1580. The Hall–Kier alpha value is -3.40. The number of hydrogen-bond donors (Lipinski definition) is 3. The number of aromatic nitrogens is 3. The molecule has 1 aliphatic heterocycles. The van der Waals surface area contributed by atoms with Gasteiger partial charge in [-0.15, -0.1) is 0 Å². The number of piperazine rings is 1. The van der Waals surface area contributed by atoms with E-state index in [-0.39, 0.29) is 37.0 Å². The second-order valence-electron chi connectivity index (χ2n) is 10.9. The largest absolute Gasteiger partial charge is 1.00 e. The van der Waals surface area contributed by atoms with Crippen LogP contribution in [0.5, 0.6) is 5.88 Å². The van der Waals surface area contributed by atoms with E-state index in [1.54, 1.807) is 23.8 Å². The van der Waals surface area contributed by atoms with Crippen molar-refractivity contribution in [3.63, 3.8) is 0 Å². The van der Waals surface area contributed by atoms with Crippen molar-refractivity contribution in [2.24, 2.45) is 0 Å². The second kappa shape index (κ2) is 17.2. The van der Waals surface area contributed by atoms with E-state index in [1.807, 2.05) is 39.4 Å². The van der Waals surface area contributed by atoms with Gasteiger partial charge in [0, 0.05) is 36.5 Å². The van der Waals surface area contributed by atoms with E-state index in [9.17, 15) is 4.79 Å². The van der Waals surface area contributed by atoms with Crippen molar-refractivity contribution in [3.05, 3.63) is 113 Å². The number of unbranched alkanes of at least 4 members (excludes halogenated alkanes) is 1. The summed E-state index contributed by atoms with van der Waals surface area (Å²) in [5.74, 6) is 0.550. The number of benzene rings is 2. The Kier molecular flexibility index (Phi) is 13.7. The molecule has 0 saturated carbocycles. The number of aryl methyl sites for hydroxylation is 1. The molecule has 0 unspecified atom stereocenters. The van der Waals surface area contributed by atoms with Gasteiger partial charge in [0.1, 0.15) is 37.7 Å². The lowest BCUT2D eigenvalue weighted by atomic mass is 9.96. The van der Waals surface area contributed by atoms with Crippen LogP contribution < -0.4 is 44.9 Å². The first kappa shape index (κ1) is 35.1. The highest BCUT2D eigenvalue weighted by atomic mass is 35.5. The van der Waals surface area contributed by atoms with Gasteiger partial charge in [-0.3, -0.25) is 9.20 Å². The normalized spacial score (nSPS) is 16.1. The van der Waals surface area contributed by atoms with Gasteiger partial charge in [0.05, 0.1) is 19.2 Å². The standard InChI is InChI=1S/C32H35N5O2.C2H6O.2ClH/c1-39-29-17-16-27-31(33-29)36-20-10-15-28(36)32(38)37(27)19-9-8-18-34-21-23-35(24-22-34)30(25-11-4-2-5-12-25)26-13-6-3-7-14-26;1-2-3;;/h2-7,10-17,20,30H,8-9,18-19,21-24H2,1H3;3H,2H2,1H3;2*1H. The minimum atomic E-state index is 0. The highest BCUT2D eigenvalue weighted by Gasteiger charge is 2.31. The molecule has 236 valence electrons. The number of ether oxygens (including phenoxy) is 1. The molecule has 3 aromatic heterocycles. The predicted molar refractivity (Wildman–Crippen MR) is 166 cm³/mol. The van der Waals surface area contributed by atoms with Crippen molar-refractivity contribution in [1.29, 1.82) is 0 Å². The molecule has 44 heavy (non-hydrogen) atoms. The van der Waals surface area contributed by atoms with Crippen molar-refractivity contribution in [2.75, 3.05) is 46.4 Å². The van der Waals surface area contributed by atoms with Crippen LogP contribution in [0.3, 0.4) is 0 Å². The summed E-state index contributed by atoms with van der Waals surface area (Å²) in [6, 6.07) is 29.8. The lowest BCUT2D eigenvalue weighted by molar-refractivity contribution is -1.02. The maximum Gasteiger partial charge on any atom is 0.275 e. The minimum absolute atomic E-state index is 0. The van der Waals surface area contributed by atoms with Gasteiger partial charge in [0.2, 0.25) is 5.88 Å². The maximum absolute atomic E-state index is 13.3. The number of quaternary nitrogens is 2. The van der Waals surface area contributed by atoms with Gasteiger partial charge < -0.3 is 49.0 Å². The maximum atomic E-state index is 13.3. The SMILES string of the molecule is CCO.COc1ccc2c(n1)n1cccc1c(=O)n2CCCC[NH+]1CC[NH+](C(c2ccccc2)c2ccccc2)CC1.[Cl-].[Cl-]. The fourth-order valence-electron chi connectivity index (χ4n) is 6.20. The van der Waals surface area contributed by atoms with E-state index >= 15 is 0 Å². The molecule has 2 aromatic carbocycles. The number of methoxy groups -OCH3 is 1. The van der Waals surface area contributed by atoms with Crippen molar-refractivity contribution < 1.29 is 44.5 Å². The summed E-state index contributed by atoms with van der Waals surface area (Å²) in [7, 11) is 1.62. The Labute approximate surface area is 271 Å². The topological polar surface area (TPSA) is 77.6 Å². The molecule has 1 fully saturated rings. The second-order valence-corrected chi connectivity index (χ2v) is 10.9. The Morgan fingerprint density at radius 3 is 2.05 bits per heavy atom. The van der Waals surface area contributed by atoms with Crippen LogP contribution in [0, 0.1) is 0 Å². The number of hydrogen-bond acceptors (Lipinski definition) is 4. The summed E-state index contributed by atoms with van der Waals surface area (Å²) < 4.78 is 9.09. The molecule has 8 nitrogen and oxygen atoms in total. The smallest absolute Gasteiger partial charge is 0.275 e. The van der Waals surface area contributed by atoms with Crippen molar-refractivity contribution in [1.82, 2.24) is 14.0 Å². The van der Waals surface area contributed by atoms with Gasteiger partial charge in [-0.25, -0.2) is 0 Å². The Balaban J connectivity index is 0.00000102. The average molecular weight is 641 g/mol. The van der Waals surface area contributed by atoms with Crippen molar-refractivity contribution in [2.45, 2.75) is 32.4 Å². The zero-order chi connectivity index (χ0) is 29.3. The molecular formula is C34H43Cl2N5O3. The van der Waals surface area contributed by atoms with Gasteiger partial charge in [0.15, 0.2) is 5.65 Å². The number of rotatable bonds is 9. The Morgan fingerprint density at radius 2 is 1.45 bits per heavy atom. The van der Waals surface area contributed by atoms with Gasteiger partial charge in [-0.1, -0.05) is 60.7 Å². The van der Waals surface area contributed by atoms with Gasteiger partial charge in [-0.05, 0) is 38.0 Å². The van der Waals surface area contributed by atoms with Crippen LogP contribution in [0.2, 0.25) is 0 Å². The number of aliphatic hydroxyl groups is 1. The molecule has 6 rings (SSSR count). The number of fused-ring (bicyclic) bond motifs is 3. The van der Waals surface area contributed by atoms with Crippen LogP contribution in [-0.4, -0.2) is 65.5 Å². The lowest BCUT2D eigenvalue weighted by Gasteiger charge is -2.35. The molecule has 0 aliphatic carbocycles. The third-order valence-corrected chi connectivity index (χ3v) is 8.21. The van der Waals surface area contributed by atoms with Gasteiger partial charge in [-0.2, -0.15) is 4.98 Å². The molecule has 0 bridgehead atoms. The monoisotopic (exact) mass is 639 g/mol. The van der Waals surface area contributed by atoms with E-state index < -0.39 is 0 Å². The summed E-state index contributed by atoms with van der Waals surface area (Å²) >= 11 is 0. The molecule has 0 radical (unpaired) electrons. The molecule has 0 amide bonds. The number of nitrogens with one attached hydrogen (secondary N) is 2. The molecule has 0 atom stereocenters. The number of halogens is 2. The summed E-state index contributed by atoms with van der Waals surface area (Å²) in [4.78, 5) is 21.2. The first-order valence-corrected chi connectivity index (χ1v) is 15.1.